The summed E-state index contributed by atoms with van der Waals surface area (Å²) >= 11 is 4.11. The maximum Gasteiger partial charge on any atom is 0.288 e. The highest BCUT2D eigenvalue weighted by atomic mass is 32.2. The summed E-state index contributed by atoms with van der Waals surface area (Å²) in [6.07, 6.45) is 0. The van der Waals surface area contributed by atoms with Crippen LogP contribution in [0.25, 0.3) is 20.4 Å². The molecule has 0 aliphatic rings. The quantitative estimate of drug-likeness (QED) is 0.250. The zero-order valence-electron chi connectivity index (χ0n) is 12.8. The minimum atomic E-state index is -2.36. The maximum absolute atomic E-state index is 12.0. The van der Waals surface area contributed by atoms with E-state index in [1.807, 2.05) is 12.1 Å². The number of halogens is 4. The molecule has 4 aromatic rings. The molecule has 2 aromatic carbocycles. The molecule has 2 nitrogen and oxygen atoms in total. The monoisotopic (exact) mass is 434 g/mol. The van der Waals surface area contributed by atoms with Crippen molar-refractivity contribution in [3.05, 3.63) is 47.4 Å². The number of nitrogens with zero attached hydrogens (tertiary/aromatic N) is 2. The van der Waals surface area contributed by atoms with E-state index in [0.29, 0.717) is 33.3 Å². The Morgan fingerprint density at radius 1 is 0.692 bits per heavy atom. The zero-order valence-corrected chi connectivity index (χ0v) is 16.1. The largest absolute Gasteiger partial charge is 0.288 e. The van der Waals surface area contributed by atoms with Crippen LogP contribution in [-0.2, 0) is 0 Å². The molecule has 0 aliphatic carbocycles. The molecular formula is C16H10F4N2S4. The van der Waals surface area contributed by atoms with Crippen LogP contribution in [0.15, 0.2) is 57.2 Å². The third-order valence-corrected chi connectivity index (χ3v) is 6.08. The van der Waals surface area contributed by atoms with Crippen LogP contribution >= 0.6 is 46.2 Å². The molecule has 4 rings (SSSR count). The Kier molecular flexibility index (Phi) is 6.74. The second-order valence-corrected chi connectivity index (χ2v) is 8.62. The fraction of sp³-hybridized carbons (Fsp3) is 0.125. The Bertz CT molecular complexity index is 906. The molecule has 0 radical (unpaired) electrons. The average molecular weight is 435 g/mol. The number of fused-ring (bicyclic) bond motifs is 2. The van der Waals surface area contributed by atoms with Crippen molar-refractivity contribution in [1.82, 2.24) is 9.97 Å². The smallest absolute Gasteiger partial charge is 0.245 e. The van der Waals surface area contributed by atoms with Gasteiger partial charge in [-0.05, 0) is 36.4 Å². The first-order valence-corrected chi connectivity index (χ1v) is 10.6. The molecule has 0 saturated heterocycles. The van der Waals surface area contributed by atoms with E-state index in [4.69, 9.17) is 0 Å². The number of alkyl halides is 4. The summed E-state index contributed by atoms with van der Waals surface area (Å²) in [5.74, 6) is -4.73. The van der Waals surface area contributed by atoms with Crippen LogP contribution < -0.4 is 0 Å². The van der Waals surface area contributed by atoms with Crippen molar-refractivity contribution in [2.45, 2.75) is 21.3 Å². The van der Waals surface area contributed by atoms with Crippen LogP contribution in [0.1, 0.15) is 0 Å². The van der Waals surface area contributed by atoms with Crippen LogP contribution in [0.4, 0.5) is 17.6 Å². The molecule has 26 heavy (non-hydrogen) atoms. The predicted octanol–water partition coefficient (Wildman–Crippen LogP) is 7.22. The minimum Gasteiger partial charge on any atom is -0.245 e. The van der Waals surface area contributed by atoms with Crippen LogP contribution in [0.2, 0.25) is 0 Å². The lowest BCUT2D eigenvalue weighted by atomic mass is 10.3. The highest BCUT2D eigenvalue weighted by Gasteiger charge is 2.07. The lowest BCUT2D eigenvalue weighted by molar-refractivity contribution is 0.251. The van der Waals surface area contributed by atoms with Crippen LogP contribution in [0, 0.1) is 0 Å². The van der Waals surface area contributed by atoms with Gasteiger partial charge in [-0.15, -0.1) is 22.7 Å². The minimum absolute atomic E-state index is 0.548. The SMILES string of the molecule is FC(F)Sc1ccc2scnc2c1.FC(F)Sc1ccc2scnc2c1. The van der Waals surface area contributed by atoms with Crippen molar-refractivity contribution < 1.29 is 17.6 Å². The zero-order chi connectivity index (χ0) is 18.5. The molecule has 136 valence electrons. The van der Waals surface area contributed by atoms with Crippen LogP contribution in [0.5, 0.6) is 0 Å². The molecule has 0 bridgehead atoms. The molecule has 0 saturated carbocycles. The third kappa shape index (κ3) is 5.32. The van der Waals surface area contributed by atoms with Crippen molar-refractivity contribution in [3.63, 3.8) is 0 Å². The summed E-state index contributed by atoms with van der Waals surface area (Å²) in [5.41, 5.74) is 4.99. The molecular weight excluding hydrogens is 424 g/mol. The van der Waals surface area contributed by atoms with Gasteiger partial charge >= 0.3 is 0 Å². The summed E-state index contributed by atoms with van der Waals surface area (Å²) in [6.45, 7) is 0. The van der Waals surface area contributed by atoms with Crippen molar-refractivity contribution in [2.24, 2.45) is 0 Å². The molecule has 0 amide bonds. The van der Waals surface area contributed by atoms with E-state index >= 15 is 0 Å². The second kappa shape index (κ2) is 9.03. The molecule has 0 N–H and O–H groups in total. The molecule has 2 heterocycles. The number of hydrogen-bond acceptors (Lipinski definition) is 6. The Balaban J connectivity index is 0.000000151. The number of hydrogen-bond donors (Lipinski definition) is 0. The van der Waals surface area contributed by atoms with Gasteiger partial charge in [-0.2, -0.15) is 17.6 Å². The second-order valence-electron chi connectivity index (χ2n) is 4.72. The lowest BCUT2D eigenvalue weighted by Crippen LogP contribution is -1.80. The first kappa shape index (κ1) is 19.4. The maximum atomic E-state index is 12.0. The van der Waals surface area contributed by atoms with Crippen molar-refractivity contribution in [2.75, 3.05) is 0 Å². The van der Waals surface area contributed by atoms with Crippen molar-refractivity contribution >= 4 is 66.6 Å². The standard InChI is InChI=1S/2C8H5F2NS2/c2*9-8(10)13-5-1-2-7-6(3-5)11-4-12-7/h2*1-4,8H. The molecule has 10 heteroatoms. The first-order valence-electron chi connectivity index (χ1n) is 7.07. The Morgan fingerprint density at radius 2 is 1.12 bits per heavy atom. The topological polar surface area (TPSA) is 25.8 Å². The van der Waals surface area contributed by atoms with E-state index in [1.165, 1.54) is 22.7 Å². The van der Waals surface area contributed by atoms with Gasteiger partial charge in [0.15, 0.2) is 0 Å². The summed E-state index contributed by atoms with van der Waals surface area (Å²) in [7, 11) is 0. The number of rotatable bonds is 4. The number of thioether (sulfide) groups is 2. The summed E-state index contributed by atoms with van der Waals surface area (Å²) in [4.78, 5) is 9.22. The van der Waals surface area contributed by atoms with Gasteiger partial charge < -0.3 is 0 Å². The molecule has 0 unspecified atom stereocenters. The summed E-state index contributed by atoms with van der Waals surface area (Å²) in [6, 6.07) is 10.4. The fourth-order valence-corrected chi connectivity index (χ4v) is 4.41. The highest BCUT2D eigenvalue weighted by Crippen LogP contribution is 2.29. The van der Waals surface area contributed by atoms with Gasteiger partial charge in [0.1, 0.15) is 0 Å². The van der Waals surface area contributed by atoms with Crippen LogP contribution in [0.3, 0.4) is 0 Å². The highest BCUT2D eigenvalue weighted by molar-refractivity contribution is 7.99. The Hall–Kier alpha value is -1.36. The molecule has 2 aromatic heterocycles. The fourth-order valence-electron chi connectivity index (χ4n) is 2.03. The van der Waals surface area contributed by atoms with Gasteiger partial charge in [0.05, 0.1) is 31.5 Å². The van der Waals surface area contributed by atoms with Gasteiger partial charge in [-0.3, -0.25) is 0 Å². The normalized spacial score (nSPS) is 11.3. The van der Waals surface area contributed by atoms with Gasteiger partial charge in [-0.25, -0.2) is 9.97 Å². The average Bonchev–Trinajstić information content (AvgIpc) is 3.22. The van der Waals surface area contributed by atoms with Gasteiger partial charge in [0.2, 0.25) is 0 Å². The number of benzene rings is 2. The van der Waals surface area contributed by atoms with Crippen molar-refractivity contribution in [3.8, 4) is 0 Å². The Labute approximate surface area is 162 Å². The van der Waals surface area contributed by atoms with Gasteiger partial charge in [0.25, 0.3) is 11.5 Å². The van der Waals surface area contributed by atoms with E-state index in [1.54, 1.807) is 35.3 Å². The molecule has 0 spiro atoms. The van der Waals surface area contributed by atoms with Gasteiger partial charge in [0, 0.05) is 9.79 Å². The Morgan fingerprint density at radius 3 is 1.50 bits per heavy atom. The number of aromatic nitrogens is 2. The van der Waals surface area contributed by atoms with E-state index < -0.39 is 11.5 Å². The van der Waals surface area contributed by atoms with E-state index in [-0.39, 0.29) is 0 Å². The van der Waals surface area contributed by atoms with E-state index in [2.05, 4.69) is 9.97 Å². The van der Waals surface area contributed by atoms with E-state index in [0.717, 1.165) is 20.4 Å². The first-order chi connectivity index (χ1) is 12.5. The van der Waals surface area contributed by atoms with Crippen LogP contribution in [-0.4, -0.2) is 21.5 Å². The van der Waals surface area contributed by atoms with Gasteiger partial charge in [-0.1, -0.05) is 23.5 Å². The summed E-state index contributed by atoms with van der Waals surface area (Å²) < 4.78 is 50.0. The molecule has 0 aliphatic heterocycles. The molecule has 0 fully saturated rings. The lowest BCUT2D eigenvalue weighted by Gasteiger charge is -1.98. The number of thiazole rings is 2. The third-order valence-electron chi connectivity index (χ3n) is 3.05. The van der Waals surface area contributed by atoms with Crippen molar-refractivity contribution in [1.29, 1.82) is 0 Å². The predicted molar refractivity (Wildman–Crippen MR) is 103 cm³/mol. The molecule has 0 atom stereocenters. The van der Waals surface area contributed by atoms with E-state index in [9.17, 15) is 17.6 Å². The summed E-state index contributed by atoms with van der Waals surface area (Å²) in [5, 5.41) is 0.